The summed E-state index contributed by atoms with van der Waals surface area (Å²) in [6.45, 7) is 3.65. The Hall–Kier alpha value is -4.08. The molecule has 0 bridgehead atoms. The Morgan fingerprint density at radius 2 is 1.64 bits per heavy atom. The van der Waals surface area contributed by atoms with Gasteiger partial charge in [0.1, 0.15) is 17.4 Å². The van der Waals surface area contributed by atoms with Crippen LogP contribution < -0.4 is 15.4 Å². The number of halogens is 1. The maximum absolute atomic E-state index is 12.4. The zero-order valence-corrected chi connectivity index (χ0v) is 18.9. The molecule has 7 heteroatoms. The Labute approximate surface area is 197 Å². The van der Waals surface area contributed by atoms with Gasteiger partial charge in [0.2, 0.25) is 0 Å². The zero-order chi connectivity index (χ0) is 23.8. The molecule has 0 unspecified atom stereocenters. The van der Waals surface area contributed by atoms with Gasteiger partial charge in [-0.1, -0.05) is 47.5 Å². The lowest BCUT2D eigenvalue weighted by Crippen LogP contribution is -2.20. The first kappa shape index (κ1) is 23.6. The molecule has 3 aromatic rings. The molecule has 6 nitrogen and oxygen atoms in total. The molecule has 0 heterocycles. The average molecular weight is 460 g/mol. The van der Waals surface area contributed by atoms with Crippen molar-refractivity contribution in [3.8, 4) is 11.8 Å². The molecule has 33 heavy (non-hydrogen) atoms. The van der Waals surface area contributed by atoms with Crippen molar-refractivity contribution in [3.63, 3.8) is 0 Å². The van der Waals surface area contributed by atoms with Crippen molar-refractivity contribution >= 4 is 40.9 Å². The second-order valence-corrected chi connectivity index (χ2v) is 7.77. The molecule has 166 valence electrons. The van der Waals surface area contributed by atoms with E-state index in [-0.39, 0.29) is 18.1 Å². The number of hydrogen-bond donors (Lipinski definition) is 2. The van der Waals surface area contributed by atoms with E-state index in [1.54, 1.807) is 48.5 Å². The summed E-state index contributed by atoms with van der Waals surface area (Å²) in [4.78, 5) is 24.5. The van der Waals surface area contributed by atoms with E-state index in [4.69, 9.17) is 16.3 Å². The highest BCUT2D eigenvalue weighted by Crippen LogP contribution is 2.20. The maximum Gasteiger partial charge on any atom is 0.266 e. The number of amides is 2. The predicted octanol–water partition coefficient (Wildman–Crippen LogP) is 5.52. The number of aryl methyl sites for hydroxylation is 2. The molecular weight excluding hydrogens is 438 g/mol. The lowest BCUT2D eigenvalue weighted by atomic mass is 10.1. The predicted molar refractivity (Wildman–Crippen MR) is 130 cm³/mol. The zero-order valence-electron chi connectivity index (χ0n) is 18.2. The standard InChI is InChI=1S/C26H22ClN3O3/c1-17-3-8-21(9-4-17)30-26(32)20(15-28)13-19-6-11-23(12-7-19)33-16-25(31)29-22-10-5-18(2)24(27)14-22/h3-14H,16H2,1-2H3,(H,29,31)(H,30,32)/b20-13-. The van der Waals surface area contributed by atoms with Gasteiger partial charge in [-0.2, -0.15) is 5.26 Å². The van der Waals surface area contributed by atoms with Crippen LogP contribution in [0.1, 0.15) is 16.7 Å². The van der Waals surface area contributed by atoms with Gasteiger partial charge in [-0.15, -0.1) is 0 Å². The third-order valence-corrected chi connectivity index (χ3v) is 5.10. The summed E-state index contributed by atoms with van der Waals surface area (Å²) in [6, 6.07) is 21.2. The first-order valence-electron chi connectivity index (χ1n) is 10.1. The molecule has 0 spiro atoms. The molecule has 0 aliphatic carbocycles. The van der Waals surface area contributed by atoms with Gasteiger partial charge in [0.25, 0.3) is 11.8 Å². The highest BCUT2D eigenvalue weighted by atomic mass is 35.5. The number of nitrogens with one attached hydrogen (secondary N) is 2. The van der Waals surface area contributed by atoms with Crippen LogP contribution in [-0.2, 0) is 9.59 Å². The number of nitriles is 1. The van der Waals surface area contributed by atoms with Crippen LogP contribution in [0, 0.1) is 25.2 Å². The van der Waals surface area contributed by atoms with Gasteiger partial charge in [-0.3, -0.25) is 9.59 Å². The molecule has 0 aliphatic heterocycles. The van der Waals surface area contributed by atoms with Gasteiger partial charge < -0.3 is 15.4 Å². The minimum atomic E-state index is -0.491. The van der Waals surface area contributed by atoms with E-state index >= 15 is 0 Å². The Morgan fingerprint density at radius 1 is 0.970 bits per heavy atom. The molecular formula is C26H22ClN3O3. The molecule has 2 amide bonds. The smallest absolute Gasteiger partial charge is 0.266 e. The third-order valence-electron chi connectivity index (χ3n) is 4.69. The summed E-state index contributed by atoms with van der Waals surface area (Å²) in [5.41, 5.74) is 3.82. The van der Waals surface area contributed by atoms with Gasteiger partial charge in [-0.25, -0.2) is 0 Å². The average Bonchev–Trinajstić information content (AvgIpc) is 2.80. The van der Waals surface area contributed by atoms with Crippen molar-refractivity contribution in [3.05, 3.63) is 94.0 Å². The molecule has 0 aliphatic rings. The second-order valence-electron chi connectivity index (χ2n) is 7.36. The number of carbonyl (C=O) groups excluding carboxylic acids is 2. The highest BCUT2D eigenvalue weighted by molar-refractivity contribution is 6.31. The molecule has 0 saturated carbocycles. The van der Waals surface area contributed by atoms with Crippen LogP contribution in [-0.4, -0.2) is 18.4 Å². The van der Waals surface area contributed by atoms with Crippen LogP contribution in [0.2, 0.25) is 5.02 Å². The molecule has 0 atom stereocenters. The Bertz CT molecular complexity index is 1230. The molecule has 3 rings (SSSR count). The van der Waals surface area contributed by atoms with Crippen LogP contribution in [0.5, 0.6) is 5.75 Å². The van der Waals surface area contributed by atoms with Gasteiger partial charge >= 0.3 is 0 Å². The SMILES string of the molecule is Cc1ccc(NC(=O)/C(C#N)=C\c2ccc(OCC(=O)Nc3ccc(C)c(Cl)c3)cc2)cc1. The minimum absolute atomic E-state index is 0.0274. The molecule has 2 N–H and O–H groups in total. The lowest BCUT2D eigenvalue weighted by Gasteiger charge is -2.09. The molecule has 0 aromatic heterocycles. The maximum atomic E-state index is 12.4. The van der Waals surface area contributed by atoms with Crippen molar-refractivity contribution in [1.82, 2.24) is 0 Å². The van der Waals surface area contributed by atoms with Crippen molar-refractivity contribution in [2.75, 3.05) is 17.2 Å². The van der Waals surface area contributed by atoms with Gasteiger partial charge in [-0.05, 0) is 67.4 Å². The first-order chi connectivity index (χ1) is 15.8. The van der Waals surface area contributed by atoms with Gasteiger partial charge in [0, 0.05) is 16.4 Å². The Balaban J connectivity index is 1.56. The van der Waals surface area contributed by atoms with Crippen LogP contribution in [0.15, 0.2) is 72.3 Å². The molecule has 3 aromatic carbocycles. The first-order valence-corrected chi connectivity index (χ1v) is 10.5. The summed E-state index contributed by atoms with van der Waals surface area (Å²) >= 11 is 6.06. The van der Waals surface area contributed by atoms with Crippen LogP contribution >= 0.6 is 11.6 Å². The van der Waals surface area contributed by atoms with Gasteiger partial charge in [0.15, 0.2) is 6.61 Å². The molecule has 0 radical (unpaired) electrons. The summed E-state index contributed by atoms with van der Waals surface area (Å²) < 4.78 is 5.51. The fourth-order valence-corrected chi connectivity index (χ4v) is 3.01. The van der Waals surface area contributed by atoms with Crippen LogP contribution in [0.3, 0.4) is 0 Å². The lowest BCUT2D eigenvalue weighted by molar-refractivity contribution is -0.118. The van der Waals surface area contributed by atoms with Gasteiger partial charge in [0.05, 0.1) is 0 Å². The van der Waals surface area contributed by atoms with E-state index in [1.165, 1.54) is 6.08 Å². The van der Waals surface area contributed by atoms with Crippen molar-refractivity contribution in [1.29, 1.82) is 5.26 Å². The Kier molecular flexibility index (Phi) is 7.85. The number of anilines is 2. The largest absolute Gasteiger partial charge is 0.484 e. The Morgan fingerprint density at radius 3 is 2.27 bits per heavy atom. The van der Waals surface area contributed by atoms with E-state index < -0.39 is 5.91 Å². The second kappa shape index (κ2) is 11.0. The van der Waals surface area contributed by atoms with E-state index in [0.717, 1.165) is 11.1 Å². The summed E-state index contributed by atoms with van der Waals surface area (Å²) in [7, 11) is 0. The van der Waals surface area contributed by atoms with E-state index in [0.29, 0.717) is 27.7 Å². The van der Waals surface area contributed by atoms with Crippen molar-refractivity contribution in [2.24, 2.45) is 0 Å². The van der Waals surface area contributed by atoms with E-state index in [2.05, 4.69) is 10.6 Å². The number of hydrogen-bond acceptors (Lipinski definition) is 4. The minimum Gasteiger partial charge on any atom is -0.484 e. The van der Waals surface area contributed by atoms with E-state index in [9.17, 15) is 14.9 Å². The monoisotopic (exact) mass is 459 g/mol. The summed E-state index contributed by atoms with van der Waals surface area (Å²) in [6.07, 6.45) is 1.49. The topological polar surface area (TPSA) is 91.2 Å². The number of carbonyl (C=O) groups is 2. The number of ether oxygens (including phenoxy) is 1. The van der Waals surface area contributed by atoms with Crippen LogP contribution in [0.25, 0.3) is 6.08 Å². The normalized spacial score (nSPS) is 10.8. The van der Waals surface area contributed by atoms with Crippen molar-refractivity contribution in [2.45, 2.75) is 13.8 Å². The fourth-order valence-electron chi connectivity index (χ4n) is 2.83. The van der Waals surface area contributed by atoms with Crippen molar-refractivity contribution < 1.29 is 14.3 Å². The van der Waals surface area contributed by atoms with Crippen LogP contribution in [0.4, 0.5) is 11.4 Å². The summed E-state index contributed by atoms with van der Waals surface area (Å²) in [5.74, 6) is -0.333. The number of benzene rings is 3. The van der Waals surface area contributed by atoms with E-state index in [1.807, 2.05) is 38.1 Å². The molecule has 0 saturated heterocycles. The number of rotatable bonds is 7. The quantitative estimate of drug-likeness (QED) is 0.359. The third kappa shape index (κ3) is 6.96. The number of nitrogens with zero attached hydrogens (tertiary/aromatic N) is 1. The molecule has 0 fully saturated rings. The highest BCUT2D eigenvalue weighted by Gasteiger charge is 2.10. The fraction of sp³-hybridized carbons (Fsp3) is 0.115. The summed E-state index contributed by atoms with van der Waals surface area (Å²) in [5, 5.41) is 15.4.